The first kappa shape index (κ1) is 18.6. The summed E-state index contributed by atoms with van der Waals surface area (Å²) >= 11 is 5.85. The summed E-state index contributed by atoms with van der Waals surface area (Å²) in [5.74, 6) is 0.687. The fourth-order valence-electron chi connectivity index (χ4n) is 2.41. The molecule has 0 saturated carbocycles. The van der Waals surface area contributed by atoms with Crippen LogP contribution in [-0.2, 0) is 22.2 Å². The van der Waals surface area contributed by atoms with Crippen molar-refractivity contribution < 1.29 is 12.8 Å². The number of aryl methyl sites for hydroxylation is 1. The highest BCUT2D eigenvalue weighted by Gasteiger charge is 2.14. The van der Waals surface area contributed by atoms with E-state index in [2.05, 4.69) is 14.9 Å². The lowest BCUT2D eigenvalue weighted by atomic mass is 10.1. The topological polar surface area (TPSA) is 85.1 Å². The SMILES string of the molecule is Cc1ccccc1CS(=O)(=O)NCCc1nnc(-c2ccc(Cl)cc2)o1. The Morgan fingerprint density at radius 2 is 1.81 bits per heavy atom. The lowest BCUT2D eigenvalue weighted by Crippen LogP contribution is -2.27. The maximum Gasteiger partial charge on any atom is 0.247 e. The first-order valence-corrected chi connectivity index (χ1v) is 10.1. The summed E-state index contributed by atoms with van der Waals surface area (Å²) in [6, 6.07) is 14.4. The second-order valence-corrected chi connectivity index (χ2v) is 8.08. The summed E-state index contributed by atoms with van der Waals surface area (Å²) in [6.45, 7) is 2.08. The molecule has 0 saturated heterocycles. The minimum absolute atomic E-state index is 0.0560. The van der Waals surface area contributed by atoms with Crippen LogP contribution in [0.3, 0.4) is 0 Å². The molecule has 1 heterocycles. The maximum atomic E-state index is 12.2. The van der Waals surface area contributed by atoms with Crippen LogP contribution in [0.5, 0.6) is 0 Å². The maximum absolute atomic E-state index is 12.2. The van der Waals surface area contributed by atoms with Crippen molar-refractivity contribution in [3.8, 4) is 11.5 Å². The van der Waals surface area contributed by atoms with Gasteiger partial charge in [0.05, 0.1) is 5.75 Å². The average molecular weight is 392 g/mol. The number of nitrogens with zero attached hydrogens (tertiary/aromatic N) is 2. The van der Waals surface area contributed by atoms with Crippen LogP contribution in [0.15, 0.2) is 52.9 Å². The summed E-state index contributed by atoms with van der Waals surface area (Å²) in [5, 5.41) is 8.54. The lowest BCUT2D eigenvalue weighted by molar-refractivity contribution is 0.502. The fourth-order valence-corrected chi connectivity index (χ4v) is 3.78. The molecule has 8 heteroatoms. The number of sulfonamides is 1. The summed E-state index contributed by atoms with van der Waals surface area (Å²) in [4.78, 5) is 0. The third kappa shape index (κ3) is 4.91. The van der Waals surface area contributed by atoms with Gasteiger partial charge in [0.15, 0.2) is 0 Å². The van der Waals surface area contributed by atoms with Gasteiger partial charge in [0.2, 0.25) is 21.8 Å². The zero-order valence-electron chi connectivity index (χ0n) is 14.1. The Bertz CT molecular complexity index is 985. The molecule has 0 fully saturated rings. The van der Waals surface area contributed by atoms with E-state index in [9.17, 15) is 8.42 Å². The van der Waals surface area contributed by atoms with Crippen molar-refractivity contribution in [3.63, 3.8) is 0 Å². The lowest BCUT2D eigenvalue weighted by Gasteiger charge is -2.07. The largest absolute Gasteiger partial charge is 0.421 e. The summed E-state index contributed by atoms with van der Waals surface area (Å²) in [6.07, 6.45) is 0.313. The normalized spacial score (nSPS) is 11.6. The molecule has 3 aromatic rings. The van der Waals surface area contributed by atoms with Gasteiger partial charge in [-0.2, -0.15) is 0 Å². The second-order valence-electron chi connectivity index (χ2n) is 5.84. The smallest absolute Gasteiger partial charge is 0.247 e. The van der Waals surface area contributed by atoms with Gasteiger partial charge in [-0.3, -0.25) is 0 Å². The Hall–Kier alpha value is -2.22. The molecule has 0 atom stereocenters. The van der Waals surface area contributed by atoms with Crippen LogP contribution >= 0.6 is 11.6 Å². The molecule has 0 spiro atoms. The van der Waals surface area contributed by atoms with Crippen LogP contribution < -0.4 is 4.72 Å². The molecular weight excluding hydrogens is 374 g/mol. The highest BCUT2D eigenvalue weighted by Crippen LogP contribution is 2.20. The van der Waals surface area contributed by atoms with E-state index in [0.717, 1.165) is 16.7 Å². The van der Waals surface area contributed by atoms with Crippen molar-refractivity contribution in [3.05, 3.63) is 70.6 Å². The molecule has 3 rings (SSSR count). The molecule has 136 valence electrons. The average Bonchev–Trinajstić information content (AvgIpc) is 3.06. The molecule has 1 N–H and O–H groups in total. The molecule has 26 heavy (non-hydrogen) atoms. The molecule has 0 aliphatic rings. The summed E-state index contributed by atoms with van der Waals surface area (Å²) in [5.41, 5.74) is 2.48. The molecule has 0 radical (unpaired) electrons. The van der Waals surface area contributed by atoms with E-state index >= 15 is 0 Å². The summed E-state index contributed by atoms with van der Waals surface area (Å²) in [7, 11) is -3.43. The van der Waals surface area contributed by atoms with E-state index in [-0.39, 0.29) is 12.3 Å². The number of rotatable bonds is 7. The Kier molecular flexibility index (Phi) is 5.70. The highest BCUT2D eigenvalue weighted by atomic mass is 35.5. The van der Waals surface area contributed by atoms with Crippen molar-refractivity contribution >= 4 is 21.6 Å². The second kappa shape index (κ2) is 7.99. The Balaban J connectivity index is 1.56. The third-order valence-corrected chi connectivity index (χ3v) is 5.41. The van der Waals surface area contributed by atoms with E-state index in [1.165, 1.54) is 0 Å². The third-order valence-electron chi connectivity index (χ3n) is 3.83. The molecule has 0 amide bonds. The zero-order chi connectivity index (χ0) is 18.6. The number of aromatic nitrogens is 2. The van der Waals surface area contributed by atoms with Gasteiger partial charge < -0.3 is 4.42 Å². The van der Waals surface area contributed by atoms with Crippen molar-refractivity contribution in [2.75, 3.05) is 6.54 Å². The summed E-state index contributed by atoms with van der Waals surface area (Å²) < 4.78 is 32.5. The Morgan fingerprint density at radius 3 is 2.54 bits per heavy atom. The van der Waals surface area contributed by atoms with E-state index in [1.54, 1.807) is 24.3 Å². The fraction of sp³-hybridized carbons (Fsp3) is 0.222. The number of hydrogen-bond donors (Lipinski definition) is 1. The van der Waals surface area contributed by atoms with Crippen LogP contribution in [0.4, 0.5) is 0 Å². The van der Waals surface area contributed by atoms with Crippen molar-refractivity contribution in [1.29, 1.82) is 0 Å². The van der Waals surface area contributed by atoms with Crippen LogP contribution in [0.25, 0.3) is 11.5 Å². The van der Waals surface area contributed by atoms with Crippen LogP contribution in [0.2, 0.25) is 5.02 Å². The Labute approximate surface area is 157 Å². The number of halogens is 1. The van der Waals surface area contributed by atoms with E-state index in [0.29, 0.717) is 23.2 Å². The first-order valence-electron chi connectivity index (χ1n) is 8.03. The van der Waals surface area contributed by atoms with Gasteiger partial charge in [-0.1, -0.05) is 35.9 Å². The monoisotopic (exact) mass is 391 g/mol. The molecule has 0 aliphatic heterocycles. The molecule has 0 unspecified atom stereocenters. The van der Waals surface area contributed by atoms with Gasteiger partial charge in [-0.05, 0) is 42.3 Å². The molecule has 0 aliphatic carbocycles. The van der Waals surface area contributed by atoms with Gasteiger partial charge >= 0.3 is 0 Å². The van der Waals surface area contributed by atoms with Crippen molar-refractivity contribution in [2.24, 2.45) is 0 Å². The van der Waals surface area contributed by atoms with E-state index in [4.69, 9.17) is 16.0 Å². The number of hydrogen-bond acceptors (Lipinski definition) is 5. The van der Waals surface area contributed by atoms with E-state index in [1.807, 2.05) is 31.2 Å². The van der Waals surface area contributed by atoms with Crippen LogP contribution in [-0.4, -0.2) is 25.2 Å². The van der Waals surface area contributed by atoms with Crippen molar-refractivity contribution in [2.45, 2.75) is 19.1 Å². The number of nitrogens with one attached hydrogen (secondary N) is 1. The van der Waals surface area contributed by atoms with Gasteiger partial charge in [0.25, 0.3) is 0 Å². The van der Waals surface area contributed by atoms with Crippen LogP contribution in [0.1, 0.15) is 17.0 Å². The molecule has 0 bridgehead atoms. The molecule has 2 aromatic carbocycles. The Morgan fingerprint density at radius 1 is 1.08 bits per heavy atom. The molecule has 1 aromatic heterocycles. The predicted molar refractivity (Wildman–Crippen MR) is 100 cm³/mol. The standard InChI is InChI=1S/C18H18ClN3O3S/c1-13-4-2-3-5-15(13)12-26(23,24)20-11-10-17-21-22-18(25-17)14-6-8-16(19)9-7-14/h2-9,20H,10-12H2,1H3. The quantitative estimate of drug-likeness (QED) is 0.667. The number of benzene rings is 2. The van der Waals surface area contributed by atoms with E-state index < -0.39 is 10.0 Å². The predicted octanol–water partition coefficient (Wildman–Crippen LogP) is 3.36. The minimum atomic E-state index is -3.43. The van der Waals surface area contributed by atoms with Gasteiger partial charge in [0, 0.05) is 23.6 Å². The minimum Gasteiger partial charge on any atom is -0.421 e. The van der Waals surface area contributed by atoms with Gasteiger partial charge in [0.1, 0.15) is 0 Å². The molecule has 6 nitrogen and oxygen atoms in total. The zero-order valence-corrected chi connectivity index (χ0v) is 15.7. The molecular formula is C18H18ClN3O3S. The first-order chi connectivity index (χ1) is 12.4. The van der Waals surface area contributed by atoms with Crippen molar-refractivity contribution in [1.82, 2.24) is 14.9 Å². The van der Waals surface area contributed by atoms with Gasteiger partial charge in [-0.15, -0.1) is 10.2 Å². The van der Waals surface area contributed by atoms with Gasteiger partial charge in [-0.25, -0.2) is 13.1 Å². The van der Waals surface area contributed by atoms with Crippen LogP contribution in [0, 0.1) is 6.92 Å². The highest BCUT2D eigenvalue weighted by molar-refractivity contribution is 7.88.